The SMILES string of the molecule is COCCC(C)NC(=O)c1cccc(N)c1. The number of amides is 1. The minimum absolute atomic E-state index is 0.0916. The Morgan fingerprint density at radius 1 is 1.56 bits per heavy atom. The molecule has 1 amide bonds. The number of methoxy groups -OCH3 is 1. The summed E-state index contributed by atoms with van der Waals surface area (Å²) in [5, 5.41) is 2.88. The first kappa shape index (κ1) is 12.5. The van der Waals surface area contributed by atoms with Gasteiger partial charge in [-0.3, -0.25) is 4.79 Å². The molecule has 0 saturated carbocycles. The molecule has 4 heteroatoms. The molecular weight excluding hydrogens is 204 g/mol. The van der Waals surface area contributed by atoms with E-state index in [9.17, 15) is 4.79 Å². The smallest absolute Gasteiger partial charge is 0.251 e. The fraction of sp³-hybridized carbons (Fsp3) is 0.417. The zero-order valence-corrected chi connectivity index (χ0v) is 9.69. The number of rotatable bonds is 5. The number of nitrogen functional groups attached to an aromatic ring is 1. The van der Waals surface area contributed by atoms with Gasteiger partial charge >= 0.3 is 0 Å². The van der Waals surface area contributed by atoms with Crippen LogP contribution in [0.4, 0.5) is 5.69 Å². The molecule has 0 aliphatic carbocycles. The molecule has 3 N–H and O–H groups in total. The summed E-state index contributed by atoms with van der Waals surface area (Å²) >= 11 is 0. The molecule has 1 aromatic carbocycles. The number of ether oxygens (including phenoxy) is 1. The van der Waals surface area contributed by atoms with Gasteiger partial charge in [0.05, 0.1) is 0 Å². The number of hydrogen-bond donors (Lipinski definition) is 2. The van der Waals surface area contributed by atoms with Crippen molar-refractivity contribution in [1.29, 1.82) is 0 Å². The maximum absolute atomic E-state index is 11.8. The summed E-state index contributed by atoms with van der Waals surface area (Å²) in [6.45, 7) is 2.58. The normalized spacial score (nSPS) is 12.1. The molecule has 0 heterocycles. The van der Waals surface area contributed by atoms with Crippen molar-refractivity contribution in [3.05, 3.63) is 29.8 Å². The second-order valence-corrected chi connectivity index (χ2v) is 3.78. The van der Waals surface area contributed by atoms with E-state index in [0.717, 1.165) is 6.42 Å². The highest BCUT2D eigenvalue weighted by Crippen LogP contribution is 2.06. The first-order chi connectivity index (χ1) is 7.63. The Labute approximate surface area is 95.8 Å². The fourth-order valence-electron chi connectivity index (χ4n) is 1.35. The van der Waals surface area contributed by atoms with Crippen LogP contribution in [0.3, 0.4) is 0 Å². The lowest BCUT2D eigenvalue weighted by molar-refractivity contribution is 0.0929. The van der Waals surface area contributed by atoms with E-state index in [1.165, 1.54) is 0 Å². The van der Waals surface area contributed by atoms with Crippen molar-refractivity contribution in [2.75, 3.05) is 19.5 Å². The summed E-state index contributed by atoms with van der Waals surface area (Å²) in [4.78, 5) is 11.8. The van der Waals surface area contributed by atoms with Crippen molar-refractivity contribution >= 4 is 11.6 Å². The Kier molecular flexibility index (Phi) is 4.79. The van der Waals surface area contributed by atoms with Gasteiger partial charge in [-0.05, 0) is 31.5 Å². The number of carbonyl (C=O) groups excluding carboxylic acids is 1. The van der Waals surface area contributed by atoms with Gasteiger partial charge in [0, 0.05) is 31.0 Å². The zero-order chi connectivity index (χ0) is 12.0. The van der Waals surface area contributed by atoms with Gasteiger partial charge < -0.3 is 15.8 Å². The van der Waals surface area contributed by atoms with Crippen LogP contribution in [-0.4, -0.2) is 25.7 Å². The average molecular weight is 222 g/mol. The van der Waals surface area contributed by atoms with Crippen molar-refractivity contribution in [2.24, 2.45) is 0 Å². The lowest BCUT2D eigenvalue weighted by Crippen LogP contribution is -2.33. The molecule has 0 radical (unpaired) electrons. The van der Waals surface area contributed by atoms with Crippen molar-refractivity contribution in [1.82, 2.24) is 5.32 Å². The molecular formula is C12H18N2O2. The largest absolute Gasteiger partial charge is 0.399 e. The van der Waals surface area contributed by atoms with Crippen LogP contribution < -0.4 is 11.1 Å². The number of anilines is 1. The second kappa shape index (κ2) is 6.12. The molecule has 1 unspecified atom stereocenters. The molecule has 16 heavy (non-hydrogen) atoms. The summed E-state index contributed by atoms with van der Waals surface area (Å²) in [5.41, 5.74) is 6.79. The number of carbonyl (C=O) groups is 1. The monoisotopic (exact) mass is 222 g/mol. The third-order valence-corrected chi connectivity index (χ3v) is 2.28. The summed E-state index contributed by atoms with van der Waals surface area (Å²) in [6, 6.07) is 7.02. The predicted octanol–water partition coefficient (Wildman–Crippen LogP) is 1.42. The van der Waals surface area contributed by atoms with Gasteiger partial charge in [-0.25, -0.2) is 0 Å². The maximum Gasteiger partial charge on any atom is 0.251 e. The Bertz CT molecular complexity index is 353. The Hall–Kier alpha value is -1.55. The van der Waals surface area contributed by atoms with E-state index in [2.05, 4.69) is 5.32 Å². The van der Waals surface area contributed by atoms with E-state index in [0.29, 0.717) is 17.9 Å². The molecule has 0 aliphatic rings. The van der Waals surface area contributed by atoms with Gasteiger partial charge in [-0.15, -0.1) is 0 Å². The van der Waals surface area contributed by atoms with Gasteiger partial charge in [0.1, 0.15) is 0 Å². The van der Waals surface area contributed by atoms with Gasteiger partial charge in [0.25, 0.3) is 5.91 Å². The third kappa shape index (κ3) is 3.90. The van der Waals surface area contributed by atoms with Crippen LogP contribution in [0.1, 0.15) is 23.7 Å². The topological polar surface area (TPSA) is 64.3 Å². The number of nitrogens with two attached hydrogens (primary N) is 1. The molecule has 0 aromatic heterocycles. The highest BCUT2D eigenvalue weighted by atomic mass is 16.5. The Morgan fingerprint density at radius 2 is 2.31 bits per heavy atom. The lowest BCUT2D eigenvalue weighted by Gasteiger charge is -2.13. The first-order valence-corrected chi connectivity index (χ1v) is 5.29. The molecule has 4 nitrogen and oxygen atoms in total. The second-order valence-electron chi connectivity index (χ2n) is 3.78. The highest BCUT2D eigenvalue weighted by molar-refractivity contribution is 5.95. The van der Waals surface area contributed by atoms with Crippen molar-refractivity contribution in [2.45, 2.75) is 19.4 Å². The molecule has 0 fully saturated rings. The summed E-state index contributed by atoms with van der Waals surface area (Å²) in [6.07, 6.45) is 0.796. The van der Waals surface area contributed by atoms with E-state index in [1.54, 1.807) is 31.4 Å². The zero-order valence-electron chi connectivity index (χ0n) is 9.69. The molecule has 0 aliphatic heterocycles. The van der Waals surface area contributed by atoms with E-state index < -0.39 is 0 Å². The van der Waals surface area contributed by atoms with Crippen LogP contribution in [-0.2, 0) is 4.74 Å². The van der Waals surface area contributed by atoms with Gasteiger partial charge in [0.15, 0.2) is 0 Å². The minimum atomic E-state index is -0.101. The molecule has 1 aromatic rings. The van der Waals surface area contributed by atoms with Crippen LogP contribution in [0, 0.1) is 0 Å². The number of benzene rings is 1. The minimum Gasteiger partial charge on any atom is -0.399 e. The van der Waals surface area contributed by atoms with Crippen molar-refractivity contribution in [3.8, 4) is 0 Å². The predicted molar refractivity (Wildman–Crippen MR) is 64.3 cm³/mol. The molecule has 1 rings (SSSR count). The van der Waals surface area contributed by atoms with Gasteiger partial charge in [0.2, 0.25) is 0 Å². The van der Waals surface area contributed by atoms with Gasteiger partial charge in [-0.2, -0.15) is 0 Å². The van der Waals surface area contributed by atoms with Crippen molar-refractivity contribution in [3.63, 3.8) is 0 Å². The molecule has 88 valence electrons. The van der Waals surface area contributed by atoms with E-state index in [4.69, 9.17) is 10.5 Å². The molecule has 0 saturated heterocycles. The van der Waals surface area contributed by atoms with Crippen LogP contribution in [0.2, 0.25) is 0 Å². The van der Waals surface area contributed by atoms with E-state index in [1.807, 2.05) is 6.92 Å². The molecule has 1 atom stereocenters. The Morgan fingerprint density at radius 3 is 2.94 bits per heavy atom. The third-order valence-electron chi connectivity index (χ3n) is 2.28. The van der Waals surface area contributed by atoms with Crippen LogP contribution in [0.5, 0.6) is 0 Å². The number of hydrogen-bond acceptors (Lipinski definition) is 3. The summed E-state index contributed by atoms with van der Waals surface area (Å²) < 4.78 is 4.95. The highest BCUT2D eigenvalue weighted by Gasteiger charge is 2.09. The lowest BCUT2D eigenvalue weighted by atomic mass is 10.1. The fourth-order valence-corrected chi connectivity index (χ4v) is 1.35. The first-order valence-electron chi connectivity index (χ1n) is 5.29. The Balaban J connectivity index is 2.52. The molecule has 0 spiro atoms. The molecule has 0 bridgehead atoms. The number of nitrogens with one attached hydrogen (secondary N) is 1. The summed E-state index contributed by atoms with van der Waals surface area (Å²) in [5.74, 6) is -0.101. The van der Waals surface area contributed by atoms with E-state index >= 15 is 0 Å². The standard InChI is InChI=1S/C12H18N2O2/c1-9(6-7-16-2)14-12(15)10-4-3-5-11(13)8-10/h3-5,8-9H,6-7,13H2,1-2H3,(H,14,15). The quantitative estimate of drug-likeness (QED) is 0.741. The van der Waals surface area contributed by atoms with Crippen LogP contribution in [0.15, 0.2) is 24.3 Å². The van der Waals surface area contributed by atoms with E-state index in [-0.39, 0.29) is 11.9 Å². The van der Waals surface area contributed by atoms with Crippen LogP contribution in [0.25, 0.3) is 0 Å². The van der Waals surface area contributed by atoms with Gasteiger partial charge in [-0.1, -0.05) is 6.07 Å². The summed E-state index contributed by atoms with van der Waals surface area (Å²) in [7, 11) is 1.65. The maximum atomic E-state index is 11.8. The van der Waals surface area contributed by atoms with Crippen molar-refractivity contribution < 1.29 is 9.53 Å². The average Bonchev–Trinajstić information content (AvgIpc) is 2.26. The van der Waals surface area contributed by atoms with Crippen LogP contribution >= 0.6 is 0 Å².